The van der Waals surface area contributed by atoms with Crippen molar-refractivity contribution < 1.29 is 0 Å². The number of nitrogens with zero attached hydrogens (tertiary/aromatic N) is 2. The lowest BCUT2D eigenvalue weighted by Crippen LogP contribution is -2.06. The second kappa shape index (κ2) is 5.61. The first kappa shape index (κ1) is 13.1. The van der Waals surface area contributed by atoms with Crippen LogP contribution in [0.15, 0.2) is 30.3 Å². The van der Waals surface area contributed by atoms with E-state index in [9.17, 15) is 0 Å². The number of aryl methyl sites for hydroxylation is 1. The van der Waals surface area contributed by atoms with E-state index >= 15 is 0 Å². The molecule has 3 rings (SSSR count). The Balaban J connectivity index is 1.85. The van der Waals surface area contributed by atoms with E-state index in [0.717, 1.165) is 24.6 Å². The summed E-state index contributed by atoms with van der Waals surface area (Å²) in [6.07, 6.45) is 3.35. The van der Waals surface area contributed by atoms with Crippen molar-refractivity contribution in [3.05, 3.63) is 53.0 Å². The third-order valence-corrected chi connectivity index (χ3v) is 3.63. The summed E-state index contributed by atoms with van der Waals surface area (Å²) >= 11 is 0. The summed E-state index contributed by atoms with van der Waals surface area (Å²) in [4.78, 5) is 9.37. The first-order valence-electron chi connectivity index (χ1n) is 7.42. The molecule has 1 aliphatic carbocycles. The molecule has 1 N–H and O–H groups in total. The van der Waals surface area contributed by atoms with Gasteiger partial charge in [-0.2, -0.15) is 0 Å². The Kier molecular flexibility index (Phi) is 3.68. The lowest BCUT2D eigenvalue weighted by molar-refractivity contribution is 0.897. The Labute approximate surface area is 120 Å². The molecule has 1 aromatic heterocycles. The molecular weight excluding hydrogens is 246 g/mol. The quantitative estimate of drug-likeness (QED) is 0.898. The summed E-state index contributed by atoms with van der Waals surface area (Å²) in [5, 5.41) is 3.31. The minimum atomic E-state index is 0.659. The molecule has 1 saturated carbocycles. The van der Waals surface area contributed by atoms with E-state index in [0.29, 0.717) is 5.92 Å². The Morgan fingerprint density at radius 2 is 1.90 bits per heavy atom. The summed E-state index contributed by atoms with van der Waals surface area (Å²) in [6.45, 7) is 5.10. The van der Waals surface area contributed by atoms with Gasteiger partial charge in [0.05, 0.1) is 0 Å². The third-order valence-electron chi connectivity index (χ3n) is 3.63. The molecule has 0 unspecified atom stereocenters. The van der Waals surface area contributed by atoms with E-state index < -0.39 is 0 Å². The van der Waals surface area contributed by atoms with Crippen LogP contribution in [0.1, 0.15) is 48.3 Å². The van der Waals surface area contributed by atoms with E-state index in [2.05, 4.69) is 54.5 Å². The summed E-state index contributed by atoms with van der Waals surface area (Å²) in [7, 11) is 0. The van der Waals surface area contributed by atoms with Crippen LogP contribution in [-0.2, 0) is 6.42 Å². The van der Waals surface area contributed by atoms with Crippen molar-refractivity contribution in [2.24, 2.45) is 0 Å². The van der Waals surface area contributed by atoms with Crippen LogP contribution in [0, 0.1) is 6.92 Å². The van der Waals surface area contributed by atoms with Crippen molar-refractivity contribution in [3.63, 3.8) is 0 Å². The highest BCUT2D eigenvalue weighted by atomic mass is 15.0. The van der Waals surface area contributed by atoms with Gasteiger partial charge < -0.3 is 5.32 Å². The number of nitrogens with one attached hydrogen (secondary N) is 1. The smallest absolute Gasteiger partial charge is 0.135 e. The SMILES string of the molecule is CCNc1cc(C2CC2)nc(Cc2ccc(C)cc2)n1. The van der Waals surface area contributed by atoms with Gasteiger partial charge >= 0.3 is 0 Å². The summed E-state index contributed by atoms with van der Waals surface area (Å²) in [6, 6.07) is 10.7. The van der Waals surface area contributed by atoms with Gasteiger partial charge in [0, 0.05) is 30.6 Å². The van der Waals surface area contributed by atoms with Crippen molar-refractivity contribution in [2.75, 3.05) is 11.9 Å². The Bertz CT molecular complexity index is 586. The van der Waals surface area contributed by atoms with Crippen molar-refractivity contribution in [2.45, 2.75) is 39.0 Å². The average Bonchev–Trinajstić information content (AvgIpc) is 3.26. The fourth-order valence-corrected chi connectivity index (χ4v) is 2.35. The van der Waals surface area contributed by atoms with Gasteiger partial charge in [0.2, 0.25) is 0 Å². The zero-order valence-corrected chi connectivity index (χ0v) is 12.2. The fraction of sp³-hybridized carbons (Fsp3) is 0.412. The van der Waals surface area contributed by atoms with Gasteiger partial charge in [-0.3, -0.25) is 0 Å². The van der Waals surface area contributed by atoms with Gasteiger partial charge in [-0.1, -0.05) is 29.8 Å². The van der Waals surface area contributed by atoms with Crippen LogP contribution in [0.2, 0.25) is 0 Å². The van der Waals surface area contributed by atoms with Crippen LogP contribution < -0.4 is 5.32 Å². The topological polar surface area (TPSA) is 37.8 Å². The number of aromatic nitrogens is 2. The van der Waals surface area contributed by atoms with Gasteiger partial charge in [0.1, 0.15) is 11.6 Å². The number of benzene rings is 1. The lowest BCUT2D eigenvalue weighted by Gasteiger charge is -2.09. The normalized spacial score (nSPS) is 14.3. The summed E-state index contributed by atoms with van der Waals surface area (Å²) in [5.74, 6) is 2.55. The predicted molar refractivity (Wildman–Crippen MR) is 82.2 cm³/mol. The zero-order chi connectivity index (χ0) is 13.9. The molecule has 0 aliphatic heterocycles. The molecule has 0 spiro atoms. The van der Waals surface area contributed by atoms with Crippen molar-refractivity contribution >= 4 is 5.82 Å². The molecule has 0 saturated heterocycles. The minimum absolute atomic E-state index is 0.659. The fourth-order valence-electron chi connectivity index (χ4n) is 2.35. The van der Waals surface area contributed by atoms with Crippen LogP contribution in [0.4, 0.5) is 5.82 Å². The van der Waals surface area contributed by atoms with Crippen molar-refractivity contribution in [3.8, 4) is 0 Å². The van der Waals surface area contributed by atoms with Crippen LogP contribution in [-0.4, -0.2) is 16.5 Å². The molecule has 3 heteroatoms. The Morgan fingerprint density at radius 1 is 1.15 bits per heavy atom. The molecule has 1 aliphatic rings. The van der Waals surface area contributed by atoms with Crippen LogP contribution in [0.25, 0.3) is 0 Å². The maximum Gasteiger partial charge on any atom is 0.135 e. The largest absolute Gasteiger partial charge is 0.370 e. The third kappa shape index (κ3) is 3.16. The Morgan fingerprint density at radius 3 is 2.55 bits per heavy atom. The number of hydrogen-bond acceptors (Lipinski definition) is 3. The summed E-state index contributed by atoms with van der Waals surface area (Å²) in [5.41, 5.74) is 3.76. The highest BCUT2D eigenvalue weighted by molar-refractivity contribution is 5.38. The highest BCUT2D eigenvalue weighted by Crippen LogP contribution is 2.39. The van der Waals surface area contributed by atoms with E-state index in [-0.39, 0.29) is 0 Å². The molecule has 0 amide bonds. The molecule has 104 valence electrons. The first-order valence-corrected chi connectivity index (χ1v) is 7.42. The van der Waals surface area contributed by atoms with Gasteiger partial charge in [0.25, 0.3) is 0 Å². The van der Waals surface area contributed by atoms with Gasteiger partial charge in [0.15, 0.2) is 0 Å². The van der Waals surface area contributed by atoms with E-state index in [1.165, 1.54) is 29.7 Å². The van der Waals surface area contributed by atoms with Crippen LogP contribution in [0.5, 0.6) is 0 Å². The maximum atomic E-state index is 4.74. The van der Waals surface area contributed by atoms with E-state index in [1.54, 1.807) is 0 Å². The molecule has 3 nitrogen and oxygen atoms in total. The monoisotopic (exact) mass is 267 g/mol. The zero-order valence-electron chi connectivity index (χ0n) is 12.2. The molecule has 0 bridgehead atoms. The molecule has 20 heavy (non-hydrogen) atoms. The second-order valence-corrected chi connectivity index (χ2v) is 5.56. The van der Waals surface area contributed by atoms with E-state index in [4.69, 9.17) is 4.98 Å². The molecule has 0 atom stereocenters. The lowest BCUT2D eigenvalue weighted by atomic mass is 10.1. The first-order chi connectivity index (χ1) is 9.74. The Hall–Kier alpha value is -1.90. The molecule has 1 heterocycles. The number of hydrogen-bond donors (Lipinski definition) is 1. The highest BCUT2D eigenvalue weighted by Gasteiger charge is 2.26. The average molecular weight is 267 g/mol. The predicted octanol–water partition coefficient (Wildman–Crippen LogP) is 3.69. The standard InChI is InChI=1S/C17H21N3/c1-3-18-16-11-15(14-8-9-14)19-17(20-16)10-13-6-4-12(2)5-7-13/h4-7,11,14H,3,8-10H2,1-2H3,(H,18,19,20). The molecule has 2 aromatic rings. The second-order valence-electron chi connectivity index (χ2n) is 5.56. The van der Waals surface area contributed by atoms with Crippen molar-refractivity contribution in [1.29, 1.82) is 0 Å². The van der Waals surface area contributed by atoms with Gasteiger partial charge in [-0.25, -0.2) is 9.97 Å². The van der Waals surface area contributed by atoms with Crippen LogP contribution >= 0.6 is 0 Å². The molecule has 1 fully saturated rings. The molecule has 1 aromatic carbocycles. The molecular formula is C17H21N3. The maximum absolute atomic E-state index is 4.74. The minimum Gasteiger partial charge on any atom is -0.370 e. The summed E-state index contributed by atoms with van der Waals surface area (Å²) < 4.78 is 0. The van der Waals surface area contributed by atoms with E-state index in [1.807, 2.05) is 0 Å². The van der Waals surface area contributed by atoms with Crippen molar-refractivity contribution in [1.82, 2.24) is 9.97 Å². The molecule has 0 radical (unpaired) electrons. The van der Waals surface area contributed by atoms with Gasteiger partial charge in [-0.15, -0.1) is 0 Å². The number of anilines is 1. The van der Waals surface area contributed by atoms with Gasteiger partial charge in [-0.05, 0) is 32.3 Å². The number of rotatable bonds is 5. The van der Waals surface area contributed by atoms with Crippen LogP contribution in [0.3, 0.4) is 0 Å².